The van der Waals surface area contributed by atoms with Gasteiger partial charge in [0.05, 0.1) is 6.10 Å². The number of nitrogens with zero attached hydrogens (tertiary/aromatic N) is 1. The molecule has 2 aliphatic carbocycles. The third-order valence-corrected chi connectivity index (χ3v) is 8.00. The van der Waals surface area contributed by atoms with Crippen LogP contribution in [0.1, 0.15) is 67.7 Å². The summed E-state index contributed by atoms with van der Waals surface area (Å²) in [5.41, 5.74) is 3.59. The lowest BCUT2D eigenvalue weighted by molar-refractivity contribution is -0.140. The van der Waals surface area contributed by atoms with E-state index in [1.165, 1.54) is 12.0 Å². The standard InChI is InChI=1S/C29H37N3O5/c33-28(34)25(32-29(35)37-26-13-12-24(26)20-5-2-1-3-6-20)14-16-36-23-17-19(18-23)8-10-22-11-9-21-7-4-15-30-27(21)31-22/h1-3,5-6,9,11,19,23-26H,4,7-8,10,12-18H2,(H,30,31)(H,32,35)(H,33,34)/t19-,23-,24?,25-,26?/m0/s1. The summed E-state index contributed by atoms with van der Waals surface area (Å²) in [7, 11) is 0. The molecule has 3 atom stereocenters. The van der Waals surface area contributed by atoms with Crippen LogP contribution in [0.2, 0.25) is 0 Å². The summed E-state index contributed by atoms with van der Waals surface area (Å²) >= 11 is 0. The first-order valence-electron chi connectivity index (χ1n) is 13.6. The van der Waals surface area contributed by atoms with Gasteiger partial charge in [-0.15, -0.1) is 0 Å². The van der Waals surface area contributed by atoms with Crippen LogP contribution in [0.25, 0.3) is 0 Å². The molecule has 1 aliphatic heterocycles. The Bertz CT molecular complexity index is 1070. The van der Waals surface area contributed by atoms with E-state index < -0.39 is 18.1 Å². The number of hydrogen-bond donors (Lipinski definition) is 3. The van der Waals surface area contributed by atoms with Gasteiger partial charge in [0.1, 0.15) is 18.0 Å². The van der Waals surface area contributed by atoms with Crippen molar-refractivity contribution >= 4 is 17.9 Å². The molecule has 0 saturated heterocycles. The number of alkyl carbamates (subject to hydrolysis) is 1. The van der Waals surface area contributed by atoms with Crippen molar-refractivity contribution in [1.82, 2.24) is 10.3 Å². The van der Waals surface area contributed by atoms with Gasteiger partial charge in [-0.3, -0.25) is 0 Å². The largest absolute Gasteiger partial charge is 0.480 e. The number of carboxylic acid groups (broad SMARTS) is 1. The smallest absolute Gasteiger partial charge is 0.408 e. The predicted octanol–water partition coefficient (Wildman–Crippen LogP) is 4.68. The van der Waals surface area contributed by atoms with Crippen molar-refractivity contribution in [2.75, 3.05) is 18.5 Å². The minimum atomic E-state index is -1.08. The number of fused-ring (bicyclic) bond motifs is 1. The molecule has 3 N–H and O–H groups in total. The van der Waals surface area contributed by atoms with Gasteiger partial charge in [-0.1, -0.05) is 36.4 Å². The number of hydrogen-bond acceptors (Lipinski definition) is 6. The second-order valence-electron chi connectivity index (χ2n) is 10.6. The van der Waals surface area contributed by atoms with E-state index in [0.29, 0.717) is 12.5 Å². The van der Waals surface area contributed by atoms with Gasteiger partial charge in [-0.05, 0) is 74.5 Å². The Kier molecular flexibility index (Phi) is 8.24. The SMILES string of the molecule is O=C(N[C@@H](CCO[C@H]1C[C@H](CCc2ccc3c(n2)NCCC3)C1)C(=O)O)OC1CCC1c1ccccc1. The third kappa shape index (κ3) is 6.60. The normalized spacial score (nSPS) is 25.0. The highest BCUT2D eigenvalue weighted by Crippen LogP contribution is 2.39. The van der Waals surface area contributed by atoms with Crippen LogP contribution in [0.4, 0.5) is 10.6 Å². The van der Waals surface area contributed by atoms with Crippen LogP contribution in [0.5, 0.6) is 0 Å². The van der Waals surface area contributed by atoms with Crippen molar-refractivity contribution in [2.24, 2.45) is 5.92 Å². The molecular formula is C29H37N3O5. The Labute approximate surface area is 218 Å². The number of aliphatic carboxylic acids is 1. The summed E-state index contributed by atoms with van der Waals surface area (Å²) in [4.78, 5) is 28.8. The monoisotopic (exact) mass is 507 g/mol. The molecule has 2 heterocycles. The lowest BCUT2D eigenvalue weighted by Crippen LogP contribution is -2.45. The van der Waals surface area contributed by atoms with Gasteiger partial charge in [0, 0.05) is 31.2 Å². The van der Waals surface area contributed by atoms with Crippen LogP contribution in [-0.2, 0) is 27.1 Å². The van der Waals surface area contributed by atoms with E-state index in [2.05, 4.69) is 22.8 Å². The number of aromatic nitrogens is 1. The Morgan fingerprint density at radius 3 is 2.73 bits per heavy atom. The number of ether oxygens (including phenoxy) is 2. The topological polar surface area (TPSA) is 110 Å². The Balaban J connectivity index is 0.976. The fraction of sp³-hybridized carbons (Fsp3) is 0.552. The van der Waals surface area contributed by atoms with Crippen molar-refractivity contribution in [2.45, 2.75) is 82.0 Å². The Hall–Kier alpha value is -3.13. The van der Waals surface area contributed by atoms with Gasteiger partial charge in [-0.2, -0.15) is 0 Å². The summed E-state index contributed by atoms with van der Waals surface area (Å²) in [6.45, 7) is 1.29. The highest BCUT2D eigenvalue weighted by molar-refractivity contribution is 5.80. The van der Waals surface area contributed by atoms with Gasteiger partial charge in [0.15, 0.2) is 0 Å². The first-order chi connectivity index (χ1) is 18.0. The number of carbonyl (C=O) groups is 2. The molecule has 2 fully saturated rings. The number of pyridine rings is 1. The molecule has 198 valence electrons. The number of rotatable bonds is 11. The zero-order valence-electron chi connectivity index (χ0n) is 21.2. The number of aryl methyl sites for hydroxylation is 2. The number of benzene rings is 1. The van der Waals surface area contributed by atoms with Crippen LogP contribution in [0.15, 0.2) is 42.5 Å². The molecule has 1 aromatic carbocycles. The van der Waals surface area contributed by atoms with Gasteiger partial charge in [0.25, 0.3) is 0 Å². The molecule has 37 heavy (non-hydrogen) atoms. The van der Waals surface area contributed by atoms with Gasteiger partial charge >= 0.3 is 12.1 Å². The fourth-order valence-corrected chi connectivity index (χ4v) is 5.52. The van der Waals surface area contributed by atoms with Crippen LogP contribution >= 0.6 is 0 Å². The van der Waals surface area contributed by atoms with E-state index in [-0.39, 0.29) is 24.5 Å². The van der Waals surface area contributed by atoms with Crippen LogP contribution in [-0.4, -0.2) is 53.6 Å². The number of anilines is 1. The van der Waals surface area contributed by atoms with Crippen molar-refractivity contribution < 1.29 is 24.2 Å². The molecule has 0 radical (unpaired) electrons. The maximum atomic E-state index is 12.4. The van der Waals surface area contributed by atoms with Crippen LogP contribution in [0.3, 0.4) is 0 Å². The zero-order chi connectivity index (χ0) is 25.6. The molecule has 0 bridgehead atoms. The van der Waals surface area contributed by atoms with E-state index in [1.54, 1.807) is 0 Å². The van der Waals surface area contributed by atoms with Crippen LogP contribution in [0, 0.1) is 5.92 Å². The quantitative estimate of drug-likeness (QED) is 0.405. The highest BCUT2D eigenvalue weighted by Gasteiger charge is 2.36. The fourth-order valence-electron chi connectivity index (χ4n) is 5.52. The lowest BCUT2D eigenvalue weighted by atomic mass is 9.77. The van der Waals surface area contributed by atoms with E-state index in [9.17, 15) is 14.7 Å². The molecule has 0 spiro atoms. The molecule has 2 aromatic rings. The van der Waals surface area contributed by atoms with E-state index in [4.69, 9.17) is 14.5 Å². The first kappa shape index (κ1) is 25.5. The Morgan fingerprint density at radius 1 is 1.14 bits per heavy atom. The molecule has 1 amide bonds. The second kappa shape index (κ2) is 11.9. The van der Waals surface area contributed by atoms with Crippen molar-refractivity contribution in [1.29, 1.82) is 0 Å². The molecular weight excluding hydrogens is 470 g/mol. The first-order valence-corrected chi connectivity index (χ1v) is 13.6. The summed E-state index contributed by atoms with van der Waals surface area (Å²) in [5.74, 6) is 0.754. The molecule has 2 unspecified atom stereocenters. The summed E-state index contributed by atoms with van der Waals surface area (Å²) in [6, 6.07) is 13.3. The second-order valence-corrected chi connectivity index (χ2v) is 10.6. The van der Waals surface area contributed by atoms with E-state index in [1.807, 2.05) is 30.3 Å². The van der Waals surface area contributed by atoms with Crippen molar-refractivity contribution in [3.8, 4) is 0 Å². The van der Waals surface area contributed by atoms with Gasteiger partial charge in [0.2, 0.25) is 0 Å². The molecule has 2 saturated carbocycles. The minimum absolute atomic E-state index is 0.158. The molecule has 8 heteroatoms. The molecule has 3 aliphatic rings. The average molecular weight is 508 g/mol. The van der Waals surface area contributed by atoms with E-state index in [0.717, 1.165) is 68.6 Å². The summed E-state index contributed by atoms with van der Waals surface area (Å²) in [6.07, 6.45) is 7.52. The number of nitrogens with one attached hydrogen (secondary N) is 2. The van der Waals surface area contributed by atoms with Crippen molar-refractivity contribution in [3.63, 3.8) is 0 Å². The summed E-state index contributed by atoms with van der Waals surface area (Å²) in [5, 5.41) is 15.5. The number of amides is 1. The summed E-state index contributed by atoms with van der Waals surface area (Å²) < 4.78 is 11.4. The van der Waals surface area contributed by atoms with Gasteiger partial charge in [-0.25, -0.2) is 14.6 Å². The molecule has 5 rings (SSSR count). The number of carboxylic acids is 1. The minimum Gasteiger partial charge on any atom is -0.480 e. The highest BCUT2D eigenvalue weighted by atomic mass is 16.6. The average Bonchev–Trinajstić information content (AvgIpc) is 2.87. The zero-order valence-corrected chi connectivity index (χ0v) is 21.2. The van der Waals surface area contributed by atoms with Crippen molar-refractivity contribution in [3.05, 3.63) is 59.3 Å². The van der Waals surface area contributed by atoms with Crippen LogP contribution < -0.4 is 10.6 Å². The molecule has 1 aromatic heterocycles. The third-order valence-electron chi connectivity index (χ3n) is 8.00. The predicted molar refractivity (Wildman–Crippen MR) is 140 cm³/mol. The lowest BCUT2D eigenvalue weighted by Gasteiger charge is -2.36. The maximum absolute atomic E-state index is 12.4. The maximum Gasteiger partial charge on any atom is 0.408 e. The number of carbonyl (C=O) groups excluding carboxylic acids is 1. The van der Waals surface area contributed by atoms with Gasteiger partial charge < -0.3 is 25.2 Å². The molecule has 8 nitrogen and oxygen atoms in total. The Morgan fingerprint density at radius 2 is 1.97 bits per heavy atom. The van der Waals surface area contributed by atoms with E-state index >= 15 is 0 Å².